The van der Waals surface area contributed by atoms with Crippen LogP contribution < -0.4 is 4.90 Å². The van der Waals surface area contributed by atoms with Gasteiger partial charge in [-0.2, -0.15) is 0 Å². The van der Waals surface area contributed by atoms with Crippen molar-refractivity contribution in [1.82, 2.24) is 0 Å². The van der Waals surface area contributed by atoms with Crippen molar-refractivity contribution in [3.63, 3.8) is 0 Å². The Bertz CT molecular complexity index is 379. The van der Waals surface area contributed by atoms with E-state index in [1.54, 1.807) is 13.0 Å². The first-order chi connectivity index (χ1) is 8.51. The topological polar surface area (TPSA) is 23.5 Å². The molecular formula is C15H24FNO. The number of nitrogens with zero attached hydrogens (tertiary/aromatic N) is 1. The second kappa shape index (κ2) is 6.74. The first-order valence-corrected chi connectivity index (χ1v) is 6.72. The molecule has 102 valence electrons. The Kier molecular flexibility index (Phi) is 5.60. The maximum atomic E-state index is 13.8. The lowest BCUT2D eigenvalue weighted by Crippen LogP contribution is -2.29. The highest BCUT2D eigenvalue weighted by molar-refractivity contribution is 5.55. The number of halogens is 1. The van der Waals surface area contributed by atoms with Crippen LogP contribution in [0, 0.1) is 11.7 Å². The molecule has 1 aromatic rings. The number of benzene rings is 1. The fourth-order valence-corrected chi connectivity index (χ4v) is 2.12. The monoisotopic (exact) mass is 253 g/mol. The standard InChI is InChI=1S/C15H24FNO/c1-5-11(3)10-17(6-2)14-9-7-8-13(16)15(14)12(4)18/h7-9,11-12,18H,5-6,10H2,1-4H3. The molecule has 0 fully saturated rings. The molecule has 2 nitrogen and oxygen atoms in total. The van der Waals surface area contributed by atoms with Crippen LogP contribution in [-0.2, 0) is 0 Å². The third kappa shape index (κ3) is 3.45. The van der Waals surface area contributed by atoms with Gasteiger partial charge >= 0.3 is 0 Å². The molecule has 18 heavy (non-hydrogen) atoms. The molecule has 0 saturated carbocycles. The van der Waals surface area contributed by atoms with Crippen molar-refractivity contribution in [2.75, 3.05) is 18.0 Å². The second-order valence-electron chi connectivity index (χ2n) is 4.90. The Morgan fingerprint density at radius 2 is 1.94 bits per heavy atom. The summed E-state index contributed by atoms with van der Waals surface area (Å²) < 4.78 is 13.8. The number of rotatable bonds is 6. The summed E-state index contributed by atoms with van der Waals surface area (Å²) in [6, 6.07) is 5.00. The molecule has 2 atom stereocenters. The SMILES string of the molecule is CCC(C)CN(CC)c1cccc(F)c1C(C)O. The van der Waals surface area contributed by atoms with E-state index in [4.69, 9.17) is 0 Å². The molecule has 0 aliphatic rings. The second-order valence-corrected chi connectivity index (χ2v) is 4.90. The van der Waals surface area contributed by atoms with Gasteiger partial charge in [-0.1, -0.05) is 26.3 Å². The number of hydrogen-bond donors (Lipinski definition) is 1. The maximum absolute atomic E-state index is 13.8. The first kappa shape index (κ1) is 15.0. The van der Waals surface area contributed by atoms with Crippen molar-refractivity contribution >= 4 is 5.69 Å². The Balaban J connectivity index is 3.09. The van der Waals surface area contributed by atoms with Gasteiger partial charge in [0.05, 0.1) is 6.10 Å². The van der Waals surface area contributed by atoms with Gasteiger partial charge in [-0.05, 0) is 31.9 Å². The van der Waals surface area contributed by atoms with Gasteiger partial charge in [0.15, 0.2) is 0 Å². The summed E-state index contributed by atoms with van der Waals surface area (Å²) in [5, 5.41) is 9.75. The molecule has 0 aliphatic carbocycles. The van der Waals surface area contributed by atoms with Crippen LogP contribution in [0.2, 0.25) is 0 Å². The van der Waals surface area contributed by atoms with Crippen LogP contribution in [-0.4, -0.2) is 18.2 Å². The molecule has 0 aliphatic heterocycles. The molecule has 0 bridgehead atoms. The van der Waals surface area contributed by atoms with Crippen LogP contribution in [0.4, 0.5) is 10.1 Å². The van der Waals surface area contributed by atoms with Crippen molar-refractivity contribution in [2.24, 2.45) is 5.92 Å². The Morgan fingerprint density at radius 3 is 2.44 bits per heavy atom. The molecule has 0 amide bonds. The van der Waals surface area contributed by atoms with Gasteiger partial charge < -0.3 is 10.0 Å². The van der Waals surface area contributed by atoms with Gasteiger partial charge in [0.2, 0.25) is 0 Å². The lowest BCUT2D eigenvalue weighted by Gasteiger charge is -2.29. The van der Waals surface area contributed by atoms with Gasteiger partial charge in [0.1, 0.15) is 5.82 Å². The molecule has 0 spiro atoms. The first-order valence-electron chi connectivity index (χ1n) is 6.72. The smallest absolute Gasteiger partial charge is 0.131 e. The number of aliphatic hydroxyl groups is 1. The predicted octanol–water partition coefficient (Wildman–Crippen LogP) is 3.75. The largest absolute Gasteiger partial charge is 0.389 e. The van der Waals surface area contributed by atoms with E-state index in [-0.39, 0.29) is 5.82 Å². The summed E-state index contributed by atoms with van der Waals surface area (Å²) in [5.74, 6) is 0.222. The van der Waals surface area contributed by atoms with Crippen LogP contribution >= 0.6 is 0 Å². The van der Waals surface area contributed by atoms with Crippen molar-refractivity contribution in [3.05, 3.63) is 29.6 Å². The molecule has 1 N–H and O–H groups in total. The van der Waals surface area contributed by atoms with E-state index in [9.17, 15) is 9.50 Å². The van der Waals surface area contributed by atoms with Crippen LogP contribution in [0.3, 0.4) is 0 Å². The van der Waals surface area contributed by atoms with Gasteiger partial charge in [0.25, 0.3) is 0 Å². The highest BCUT2D eigenvalue weighted by Gasteiger charge is 2.18. The van der Waals surface area contributed by atoms with E-state index in [0.29, 0.717) is 11.5 Å². The molecule has 0 radical (unpaired) electrons. The molecule has 1 rings (SSSR count). The lowest BCUT2D eigenvalue weighted by atomic mass is 10.0. The van der Waals surface area contributed by atoms with E-state index in [1.165, 1.54) is 6.07 Å². The van der Waals surface area contributed by atoms with Crippen molar-refractivity contribution in [1.29, 1.82) is 0 Å². The minimum atomic E-state index is -0.785. The molecule has 0 saturated heterocycles. The van der Waals surface area contributed by atoms with Gasteiger partial charge in [0, 0.05) is 24.3 Å². The van der Waals surface area contributed by atoms with E-state index >= 15 is 0 Å². The van der Waals surface area contributed by atoms with E-state index in [1.807, 2.05) is 6.07 Å². The highest BCUT2D eigenvalue weighted by Crippen LogP contribution is 2.29. The van der Waals surface area contributed by atoms with Crippen molar-refractivity contribution in [3.8, 4) is 0 Å². The fourth-order valence-electron chi connectivity index (χ4n) is 2.12. The average Bonchev–Trinajstić information content (AvgIpc) is 2.34. The third-order valence-corrected chi connectivity index (χ3v) is 3.40. The molecule has 0 aromatic heterocycles. The molecule has 1 aromatic carbocycles. The molecule has 0 heterocycles. The summed E-state index contributed by atoms with van der Waals surface area (Å²) in [6.45, 7) is 9.70. The van der Waals surface area contributed by atoms with Crippen molar-refractivity contribution in [2.45, 2.75) is 40.2 Å². The fraction of sp³-hybridized carbons (Fsp3) is 0.600. The third-order valence-electron chi connectivity index (χ3n) is 3.40. The number of aliphatic hydroxyl groups excluding tert-OH is 1. The van der Waals surface area contributed by atoms with E-state index < -0.39 is 6.10 Å². The van der Waals surface area contributed by atoms with E-state index in [2.05, 4.69) is 25.7 Å². The predicted molar refractivity (Wildman–Crippen MR) is 74.4 cm³/mol. The summed E-state index contributed by atoms with van der Waals surface area (Å²) in [4.78, 5) is 2.14. The van der Waals surface area contributed by atoms with Gasteiger partial charge in [-0.25, -0.2) is 4.39 Å². The summed E-state index contributed by atoms with van der Waals surface area (Å²) in [6.07, 6.45) is 0.308. The average molecular weight is 253 g/mol. The molecule has 2 unspecified atom stereocenters. The maximum Gasteiger partial charge on any atom is 0.131 e. The zero-order chi connectivity index (χ0) is 13.7. The van der Waals surface area contributed by atoms with Crippen LogP contribution in [0.5, 0.6) is 0 Å². The summed E-state index contributed by atoms with van der Waals surface area (Å²) in [7, 11) is 0. The Morgan fingerprint density at radius 1 is 1.28 bits per heavy atom. The lowest BCUT2D eigenvalue weighted by molar-refractivity contribution is 0.194. The zero-order valence-corrected chi connectivity index (χ0v) is 11.8. The zero-order valence-electron chi connectivity index (χ0n) is 11.8. The molecule has 3 heteroatoms. The minimum absolute atomic E-state index is 0.329. The van der Waals surface area contributed by atoms with Crippen LogP contribution in [0.15, 0.2) is 18.2 Å². The molecular weight excluding hydrogens is 229 g/mol. The van der Waals surface area contributed by atoms with Gasteiger partial charge in [-0.3, -0.25) is 0 Å². The van der Waals surface area contributed by atoms with Crippen LogP contribution in [0.1, 0.15) is 45.8 Å². The normalized spacial score (nSPS) is 14.3. The van der Waals surface area contributed by atoms with Crippen LogP contribution in [0.25, 0.3) is 0 Å². The summed E-state index contributed by atoms with van der Waals surface area (Å²) in [5.41, 5.74) is 1.22. The Hall–Kier alpha value is -1.09. The quantitative estimate of drug-likeness (QED) is 0.834. The highest BCUT2D eigenvalue weighted by atomic mass is 19.1. The number of hydrogen-bond acceptors (Lipinski definition) is 2. The summed E-state index contributed by atoms with van der Waals surface area (Å²) >= 11 is 0. The van der Waals surface area contributed by atoms with E-state index in [0.717, 1.165) is 25.2 Å². The Labute approximate surface area is 109 Å². The minimum Gasteiger partial charge on any atom is -0.389 e. The van der Waals surface area contributed by atoms with Crippen molar-refractivity contribution < 1.29 is 9.50 Å². The van der Waals surface area contributed by atoms with Gasteiger partial charge in [-0.15, -0.1) is 0 Å². The number of anilines is 1.